The zero-order valence-electron chi connectivity index (χ0n) is 22.5. The molecule has 0 bridgehead atoms. The normalized spacial score (nSPS) is 12.8. The van der Waals surface area contributed by atoms with Gasteiger partial charge in [0.15, 0.2) is 19.2 Å². The van der Waals surface area contributed by atoms with Crippen molar-refractivity contribution in [3.05, 3.63) is 0 Å². The Balaban J connectivity index is 4.06. The number of amides is 1. The van der Waals surface area contributed by atoms with E-state index in [0.29, 0.717) is 19.4 Å². The standard InChI is InChI=1S/C27H51N2O5P/c1-4-5-6-7-8-9-10-11-12-13-14-15-16-18-25(31)21-24(29-23(2)30)22-27(33)35(34)26(32)19-17-20-28-3/h24,28,34H,4-22H2,1-3H3,(H,29,30). The molecule has 0 aliphatic carbocycles. The molecular weight excluding hydrogens is 463 g/mol. The van der Waals surface area contributed by atoms with Crippen LogP contribution < -0.4 is 10.6 Å². The number of hydrogen-bond acceptors (Lipinski definition) is 6. The number of carbonyl (C=O) groups excluding carboxylic acids is 4. The van der Waals surface area contributed by atoms with Gasteiger partial charge in [-0.15, -0.1) is 0 Å². The topological polar surface area (TPSA) is 113 Å². The summed E-state index contributed by atoms with van der Waals surface area (Å²) in [5.41, 5.74) is -1.04. The maximum atomic E-state index is 12.4. The quantitative estimate of drug-likeness (QED) is 0.105. The predicted octanol–water partition coefficient (Wildman–Crippen LogP) is 5.76. The number of carbonyl (C=O) groups is 4. The minimum Gasteiger partial charge on any atom is -0.360 e. The SMILES string of the molecule is CCCCCCCCCCCCCCCC(=O)CC(CC(=O)P(O)C(=O)CCCNC)NC(C)=O. The highest BCUT2D eigenvalue weighted by Gasteiger charge is 2.27. The maximum Gasteiger partial charge on any atom is 0.217 e. The van der Waals surface area contributed by atoms with Crippen LogP contribution in [0.4, 0.5) is 0 Å². The van der Waals surface area contributed by atoms with Crippen molar-refractivity contribution >= 4 is 30.9 Å². The summed E-state index contributed by atoms with van der Waals surface area (Å²) < 4.78 is 0. The van der Waals surface area contributed by atoms with E-state index >= 15 is 0 Å². The summed E-state index contributed by atoms with van der Waals surface area (Å²) in [5, 5.41) is 5.55. The fourth-order valence-electron chi connectivity index (χ4n) is 4.14. The van der Waals surface area contributed by atoms with E-state index in [1.54, 1.807) is 7.05 Å². The van der Waals surface area contributed by atoms with Crippen LogP contribution in [0.5, 0.6) is 0 Å². The molecule has 0 aromatic heterocycles. The molecule has 204 valence electrons. The van der Waals surface area contributed by atoms with Crippen molar-refractivity contribution in [3.63, 3.8) is 0 Å². The van der Waals surface area contributed by atoms with E-state index in [1.165, 1.54) is 71.1 Å². The summed E-state index contributed by atoms with van der Waals surface area (Å²) in [6, 6.07) is -0.670. The molecule has 0 heterocycles. The number of Topliss-reactive ketones (excluding diaryl/α,β-unsaturated/α-hetero) is 1. The Labute approximate surface area is 214 Å². The Hall–Kier alpha value is -1.17. The number of unbranched alkanes of at least 4 members (excludes halogenated alkanes) is 12. The van der Waals surface area contributed by atoms with Crippen molar-refractivity contribution in [2.75, 3.05) is 13.6 Å². The van der Waals surface area contributed by atoms with Gasteiger partial charge in [-0.1, -0.05) is 84.0 Å². The van der Waals surface area contributed by atoms with Gasteiger partial charge in [-0.3, -0.25) is 19.2 Å². The van der Waals surface area contributed by atoms with E-state index in [2.05, 4.69) is 17.6 Å². The van der Waals surface area contributed by atoms with Gasteiger partial charge in [-0.25, -0.2) is 0 Å². The largest absolute Gasteiger partial charge is 0.360 e. The number of ketones is 1. The van der Waals surface area contributed by atoms with Crippen LogP contribution >= 0.6 is 8.15 Å². The summed E-state index contributed by atoms with van der Waals surface area (Å²) in [7, 11) is -0.630. The molecule has 0 fully saturated rings. The van der Waals surface area contributed by atoms with Gasteiger partial charge in [0.05, 0.1) is 0 Å². The molecule has 2 atom stereocenters. The van der Waals surface area contributed by atoms with Crippen molar-refractivity contribution in [2.24, 2.45) is 0 Å². The lowest BCUT2D eigenvalue weighted by Crippen LogP contribution is -2.36. The second-order valence-corrected chi connectivity index (χ2v) is 11.3. The third kappa shape index (κ3) is 20.7. The Kier molecular flexibility index (Phi) is 22.5. The second kappa shape index (κ2) is 23.2. The van der Waals surface area contributed by atoms with Crippen LogP contribution in [0.15, 0.2) is 0 Å². The minimum atomic E-state index is -2.40. The number of hydrogen-bond donors (Lipinski definition) is 3. The summed E-state index contributed by atoms with van der Waals surface area (Å²) in [6.45, 7) is 4.21. The molecule has 0 radical (unpaired) electrons. The fraction of sp³-hybridized carbons (Fsp3) is 0.852. The van der Waals surface area contributed by atoms with Crippen LogP contribution in [-0.2, 0) is 19.2 Å². The Bertz CT molecular complexity index is 600. The van der Waals surface area contributed by atoms with E-state index in [9.17, 15) is 24.1 Å². The van der Waals surface area contributed by atoms with Crippen LogP contribution in [0, 0.1) is 0 Å². The molecule has 8 heteroatoms. The van der Waals surface area contributed by atoms with Crippen LogP contribution in [0.2, 0.25) is 0 Å². The molecule has 3 N–H and O–H groups in total. The first kappa shape index (κ1) is 33.8. The third-order valence-corrected chi connectivity index (χ3v) is 7.50. The Morgan fingerprint density at radius 3 is 1.71 bits per heavy atom. The summed E-state index contributed by atoms with van der Waals surface area (Å²) in [5.74, 6) is -0.332. The summed E-state index contributed by atoms with van der Waals surface area (Å²) in [6.07, 6.45) is 17.1. The average molecular weight is 515 g/mol. The lowest BCUT2D eigenvalue weighted by Gasteiger charge is -2.18. The fourth-order valence-corrected chi connectivity index (χ4v) is 5.18. The molecule has 7 nitrogen and oxygen atoms in total. The molecule has 0 saturated heterocycles. The molecule has 0 aromatic carbocycles. The maximum absolute atomic E-state index is 12.4. The molecule has 1 amide bonds. The van der Waals surface area contributed by atoms with E-state index in [0.717, 1.165) is 19.3 Å². The predicted molar refractivity (Wildman–Crippen MR) is 144 cm³/mol. The van der Waals surface area contributed by atoms with Crippen molar-refractivity contribution in [1.29, 1.82) is 0 Å². The monoisotopic (exact) mass is 514 g/mol. The van der Waals surface area contributed by atoms with E-state index < -0.39 is 25.2 Å². The average Bonchev–Trinajstić information content (AvgIpc) is 2.81. The highest BCUT2D eigenvalue weighted by atomic mass is 31.1. The number of nitrogens with one attached hydrogen (secondary N) is 2. The van der Waals surface area contributed by atoms with Gasteiger partial charge in [-0.2, -0.15) is 0 Å². The second-order valence-electron chi connectivity index (χ2n) is 9.64. The highest BCUT2D eigenvalue weighted by molar-refractivity contribution is 7.84. The smallest absolute Gasteiger partial charge is 0.217 e. The molecule has 0 spiro atoms. The Morgan fingerprint density at radius 2 is 1.23 bits per heavy atom. The molecular formula is C27H51N2O5P. The zero-order chi connectivity index (χ0) is 26.3. The first-order chi connectivity index (χ1) is 16.8. The van der Waals surface area contributed by atoms with E-state index in [-0.39, 0.29) is 31.0 Å². The van der Waals surface area contributed by atoms with Gasteiger partial charge in [0.1, 0.15) is 5.78 Å². The van der Waals surface area contributed by atoms with Crippen molar-refractivity contribution in [3.8, 4) is 0 Å². The van der Waals surface area contributed by atoms with Gasteiger partial charge in [0.2, 0.25) is 5.91 Å². The van der Waals surface area contributed by atoms with Gasteiger partial charge in [-0.05, 0) is 26.4 Å². The molecule has 0 aromatic rings. The van der Waals surface area contributed by atoms with Gasteiger partial charge in [0.25, 0.3) is 0 Å². The molecule has 0 saturated carbocycles. The number of rotatable bonds is 25. The molecule has 0 aliphatic rings. The zero-order valence-corrected chi connectivity index (χ0v) is 23.4. The van der Waals surface area contributed by atoms with Gasteiger partial charge < -0.3 is 15.5 Å². The van der Waals surface area contributed by atoms with Gasteiger partial charge >= 0.3 is 0 Å². The Morgan fingerprint density at radius 1 is 0.714 bits per heavy atom. The third-order valence-electron chi connectivity index (χ3n) is 6.15. The van der Waals surface area contributed by atoms with E-state index in [4.69, 9.17) is 0 Å². The molecule has 0 rings (SSSR count). The molecule has 2 unspecified atom stereocenters. The minimum absolute atomic E-state index is 0.00207. The first-order valence-electron chi connectivity index (χ1n) is 13.8. The van der Waals surface area contributed by atoms with Crippen molar-refractivity contribution in [1.82, 2.24) is 10.6 Å². The lowest BCUT2D eigenvalue weighted by atomic mass is 10.0. The lowest BCUT2D eigenvalue weighted by molar-refractivity contribution is -0.122. The van der Waals surface area contributed by atoms with Crippen LogP contribution in [0.3, 0.4) is 0 Å². The van der Waals surface area contributed by atoms with E-state index in [1.807, 2.05) is 0 Å². The highest BCUT2D eigenvalue weighted by Crippen LogP contribution is 2.36. The van der Waals surface area contributed by atoms with Crippen LogP contribution in [0.1, 0.15) is 129 Å². The van der Waals surface area contributed by atoms with Crippen molar-refractivity contribution in [2.45, 2.75) is 135 Å². The molecule has 35 heavy (non-hydrogen) atoms. The first-order valence-corrected chi connectivity index (χ1v) is 15.1. The van der Waals surface area contributed by atoms with Crippen LogP contribution in [-0.4, -0.2) is 47.3 Å². The van der Waals surface area contributed by atoms with Crippen LogP contribution in [0.25, 0.3) is 0 Å². The molecule has 0 aliphatic heterocycles. The summed E-state index contributed by atoms with van der Waals surface area (Å²) in [4.78, 5) is 58.4. The van der Waals surface area contributed by atoms with Crippen molar-refractivity contribution < 1.29 is 24.1 Å². The van der Waals surface area contributed by atoms with Gasteiger partial charge in [0, 0.05) is 38.6 Å². The summed E-state index contributed by atoms with van der Waals surface area (Å²) >= 11 is 0.